The van der Waals surface area contributed by atoms with E-state index in [1.807, 2.05) is 0 Å². The molecule has 1 aromatic rings. The van der Waals surface area contributed by atoms with Gasteiger partial charge in [-0.2, -0.15) is 0 Å². The summed E-state index contributed by atoms with van der Waals surface area (Å²) in [5.74, 6) is 0.712. The zero-order chi connectivity index (χ0) is 17.7. The molecule has 132 valence electrons. The van der Waals surface area contributed by atoms with Gasteiger partial charge in [-0.1, -0.05) is 33.3 Å². The average molecular weight is 329 g/mol. The van der Waals surface area contributed by atoms with Crippen LogP contribution in [0, 0.1) is 11.3 Å². The Balaban J connectivity index is 2.11. The first-order valence-corrected chi connectivity index (χ1v) is 9.25. The molecular formula is C21H31NO2. The Morgan fingerprint density at radius 3 is 2.62 bits per heavy atom. The number of aryl methyl sites for hydroxylation is 1. The van der Waals surface area contributed by atoms with Crippen molar-refractivity contribution in [3.8, 4) is 0 Å². The lowest BCUT2D eigenvalue weighted by Gasteiger charge is -2.54. The number of fused-ring (bicyclic) bond motifs is 3. The van der Waals surface area contributed by atoms with Crippen LogP contribution in [0.4, 0.5) is 5.69 Å². The molecule has 3 atom stereocenters. The minimum Gasteiger partial charge on any atom is -0.469 e. The zero-order valence-electron chi connectivity index (χ0n) is 15.7. The van der Waals surface area contributed by atoms with Gasteiger partial charge in [0.15, 0.2) is 0 Å². The lowest BCUT2D eigenvalue weighted by molar-refractivity contribution is -0.161. The SMILES string of the molecule is COC(=O)[C@]1(C)CCC[C@]2(C)c3cc(N)c(C(C)C)cc3CC[C@@H]12. The Morgan fingerprint density at radius 2 is 2.00 bits per heavy atom. The highest BCUT2D eigenvalue weighted by atomic mass is 16.5. The molecule has 1 aromatic carbocycles. The number of anilines is 1. The summed E-state index contributed by atoms with van der Waals surface area (Å²) in [6, 6.07) is 4.53. The molecule has 3 heteroatoms. The second-order valence-electron chi connectivity index (χ2n) is 8.56. The topological polar surface area (TPSA) is 52.3 Å². The van der Waals surface area contributed by atoms with Crippen LogP contribution in [0.2, 0.25) is 0 Å². The Hall–Kier alpha value is -1.51. The van der Waals surface area contributed by atoms with Crippen molar-refractivity contribution in [2.75, 3.05) is 12.8 Å². The lowest BCUT2D eigenvalue weighted by Crippen LogP contribution is -2.52. The molecular weight excluding hydrogens is 298 g/mol. The standard InChI is InChI=1S/C21H31NO2/c1-13(2)15-11-14-7-8-18-20(3,16(14)12-17(15)22)9-6-10-21(18,4)19(23)24-5/h11-13,18H,6-10,22H2,1-5H3/t18-,20-,21-/m1/s1. The Kier molecular flexibility index (Phi) is 4.17. The number of nitrogen functional groups attached to an aromatic ring is 1. The monoisotopic (exact) mass is 329 g/mol. The fourth-order valence-corrected chi connectivity index (χ4v) is 5.53. The molecule has 2 aliphatic carbocycles. The van der Waals surface area contributed by atoms with Gasteiger partial charge >= 0.3 is 5.97 Å². The summed E-state index contributed by atoms with van der Waals surface area (Å²) in [4.78, 5) is 12.6. The lowest BCUT2D eigenvalue weighted by atomic mass is 9.49. The number of hydrogen-bond acceptors (Lipinski definition) is 3. The average Bonchev–Trinajstić information content (AvgIpc) is 2.53. The maximum atomic E-state index is 12.6. The van der Waals surface area contributed by atoms with Crippen LogP contribution in [0.5, 0.6) is 0 Å². The van der Waals surface area contributed by atoms with Gasteiger partial charge in [0.05, 0.1) is 12.5 Å². The fourth-order valence-electron chi connectivity index (χ4n) is 5.53. The normalized spacial score (nSPS) is 32.2. The van der Waals surface area contributed by atoms with E-state index >= 15 is 0 Å². The molecule has 0 radical (unpaired) electrons. The predicted octanol–water partition coefficient (Wildman–Crippen LogP) is 4.58. The molecule has 0 aliphatic heterocycles. The number of carbonyl (C=O) groups excluding carboxylic acids is 1. The Labute approximate surface area is 146 Å². The summed E-state index contributed by atoms with van der Waals surface area (Å²) in [5.41, 5.74) is 11.0. The number of benzene rings is 1. The van der Waals surface area contributed by atoms with Gasteiger partial charge < -0.3 is 10.5 Å². The van der Waals surface area contributed by atoms with E-state index in [0.29, 0.717) is 11.8 Å². The molecule has 0 bridgehead atoms. The van der Waals surface area contributed by atoms with E-state index in [0.717, 1.165) is 37.8 Å². The number of esters is 1. The number of rotatable bonds is 2. The van der Waals surface area contributed by atoms with E-state index < -0.39 is 0 Å². The molecule has 2 aliphatic rings. The van der Waals surface area contributed by atoms with Crippen LogP contribution in [0.15, 0.2) is 12.1 Å². The molecule has 0 spiro atoms. The van der Waals surface area contributed by atoms with Gasteiger partial charge in [0.25, 0.3) is 0 Å². The van der Waals surface area contributed by atoms with E-state index in [1.165, 1.54) is 23.8 Å². The molecule has 0 aromatic heterocycles. The highest BCUT2D eigenvalue weighted by Gasteiger charge is 2.55. The van der Waals surface area contributed by atoms with Crippen molar-refractivity contribution in [2.45, 2.75) is 71.1 Å². The van der Waals surface area contributed by atoms with Gasteiger partial charge in [0.1, 0.15) is 0 Å². The summed E-state index contributed by atoms with van der Waals surface area (Å²) in [6.07, 6.45) is 5.19. The molecule has 24 heavy (non-hydrogen) atoms. The van der Waals surface area contributed by atoms with Crippen LogP contribution in [0.1, 0.15) is 76.0 Å². The maximum Gasteiger partial charge on any atom is 0.311 e. The highest BCUT2D eigenvalue weighted by Crippen LogP contribution is 2.58. The molecule has 0 unspecified atom stereocenters. The maximum absolute atomic E-state index is 12.6. The smallest absolute Gasteiger partial charge is 0.311 e. The molecule has 2 N–H and O–H groups in total. The second-order valence-corrected chi connectivity index (χ2v) is 8.56. The van der Waals surface area contributed by atoms with Gasteiger partial charge in [0, 0.05) is 5.69 Å². The quantitative estimate of drug-likeness (QED) is 0.638. The molecule has 1 fully saturated rings. The molecule has 3 nitrogen and oxygen atoms in total. The van der Waals surface area contributed by atoms with Gasteiger partial charge in [-0.25, -0.2) is 0 Å². The Morgan fingerprint density at radius 1 is 1.29 bits per heavy atom. The summed E-state index contributed by atoms with van der Waals surface area (Å²) in [5, 5.41) is 0. The largest absolute Gasteiger partial charge is 0.469 e. The third-order valence-corrected chi connectivity index (χ3v) is 6.83. The van der Waals surface area contributed by atoms with E-state index in [-0.39, 0.29) is 16.8 Å². The van der Waals surface area contributed by atoms with Crippen LogP contribution in [0.3, 0.4) is 0 Å². The first-order chi connectivity index (χ1) is 11.2. The van der Waals surface area contributed by atoms with Crippen molar-refractivity contribution in [3.63, 3.8) is 0 Å². The van der Waals surface area contributed by atoms with Crippen molar-refractivity contribution < 1.29 is 9.53 Å². The zero-order valence-corrected chi connectivity index (χ0v) is 15.7. The Bertz CT molecular complexity index is 666. The van der Waals surface area contributed by atoms with Crippen LogP contribution in [-0.4, -0.2) is 13.1 Å². The van der Waals surface area contributed by atoms with E-state index in [9.17, 15) is 4.79 Å². The second kappa shape index (κ2) is 5.79. The fraction of sp³-hybridized carbons (Fsp3) is 0.667. The third-order valence-electron chi connectivity index (χ3n) is 6.83. The number of hydrogen-bond donors (Lipinski definition) is 1. The summed E-state index contributed by atoms with van der Waals surface area (Å²) < 4.78 is 5.19. The number of nitrogens with two attached hydrogens (primary N) is 1. The summed E-state index contributed by atoms with van der Waals surface area (Å²) in [7, 11) is 1.52. The highest BCUT2D eigenvalue weighted by molar-refractivity contribution is 5.77. The third kappa shape index (κ3) is 2.35. The van der Waals surface area contributed by atoms with Crippen LogP contribution >= 0.6 is 0 Å². The van der Waals surface area contributed by atoms with Crippen LogP contribution < -0.4 is 5.73 Å². The van der Waals surface area contributed by atoms with Gasteiger partial charge in [-0.05, 0) is 72.6 Å². The molecule has 1 saturated carbocycles. The van der Waals surface area contributed by atoms with Gasteiger partial charge in [-0.15, -0.1) is 0 Å². The number of methoxy groups -OCH3 is 1. The van der Waals surface area contributed by atoms with Crippen molar-refractivity contribution in [2.24, 2.45) is 11.3 Å². The number of ether oxygens (including phenoxy) is 1. The van der Waals surface area contributed by atoms with Crippen LogP contribution in [0.25, 0.3) is 0 Å². The molecule has 3 rings (SSSR count). The minimum absolute atomic E-state index is 0.0123. The first-order valence-electron chi connectivity index (χ1n) is 9.25. The first kappa shape index (κ1) is 17.3. The van der Waals surface area contributed by atoms with Crippen LogP contribution in [-0.2, 0) is 21.4 Å². The van der Waals surface area contributed by atoms with Crippen molar-refractivity contribution in [1.82, 2.24) is 0 Å². The van der Waals surface area contributed by atoms with Gasteiger partial charge in [0.2, 0.25) is 0 Å². The van der Waals surface area contributed by atoms with Crippen molar-refractivity contribution in [1.29, 1.82) is 0 Å². The van der Waals surface area contributed by atoms with Crippen molar-refractivity contribution >= 4 is 11.7 Å². The molecule has 0 heterocycles. The minimum atomic E-state index is -0.384. The summed E-state index contributed by atoms with van der Waals surface area (Å²) in [6.45, 7) is 8.84. The summed E-state index contributed by atoms with van der Waals surface area (Å²) >= 11 is 0. The van der Waals surface area contributed by atoms with E-state index in [2.05, 4.69) is 39.8 Å². The molecule has 0 amide bonds. The van der Waals surface area contributed by atoms with Gasteiger partial charge in [-0.3, -0.25) is 4.79 Å². The predicted molar refractivity (Wildman–Crippen MR) is 98.1 cm³/mol. The van der Waals surface area contributed by atoms with E-state index in [4.69, 9.17) is 10.5 Å². The van der Waals surface area contributed by atoms with E-state index in [1.54, 1.807) is 0 Å². The number of carbonyl (C=O) groups is 1. The molecule has 0 saturated heterocycles. The van der Waals surface area contributed by atoms with Crippen molar-refractivity contribution in [3.05, 3.63) is 28.8 Å².